The Bertz CT molecular complexity index is 1050. The second-order valence-electron chi connectivity index (χ2n) is 6.53. The van der Waals surface area contributed by atoms with Gasteiger partial charge in [0, 0.05) is 36.3 Å². The van der Waals surface area contributed by atoms with Gasteiger partial charge in [0.05, 0.1) is 0 Å². The third-order valence-electron chi connectivity index (χ3n) is 4.27. The maximum absolute atomic E-state index is 4.71. The van der Waals surface area contributed by atoms with Crippen LogP contribution in [0, 0.1) is 6.92 Å². The van der Waals surface area contributed by atoms with Crippen LogP contribution in [0.1, 0.15) is 11.1 Å². The lowest BCUT2D eigenvalue weighted by Crippen LogP contribution is -2.05. The molecule has 5 nitrogen and oxygen atoms in total. The number of hydrogen-bond acceptors (Lipinski definition) is 5. The van der Waals surface area contributed by atoms with E-state index >= 15 is 0 Å². The Hall–Kier alpha value is -3.73. The van der Waals surface area contributed by atoms with Gasteiger partial charge in [-0.3, -0.25) is 4.98 Å². The highest BCUT2D eigenvalue weighted by molar-refractivity contribution is 5.65. The van der Waals surface area contributed by atoms with Crippen LogP contribution in [0.2, 0.25) is 0 Å². The zero-order chi connectivity index (χ0) is 19.2. The average Bonchev–Trinajstić information content (AvgIpc) is 2.74. The van der Waals surface area contributed by atoms with Gasteiger partial charge >= 0.3 is 0 Å². The number of aryl methyl sites for hydroxylation is 1. The van der Waals surface area contributed by atoms with E-state index in [0.29, 0.717) is 12.4 Å². The van der Waals surface area contributed by atoms with Crippen molar-refractivity contribution in [3.8, 4) is 11.4 Å². The highest BCUT2D eigenvalue weighted by Gasteiger charge is 2.08. The molecule has 138 valence electrons. The van der Waals surface area contributed by atoms with Crippen molar-refractivity contribution in [3.63, 3.8) is 0 Å². The molecule has 0 bridgehead atoms. The minimum atomic E-state index is 0.664. The molecule has 0 unspecified atom stereocenters. The molecular weight excluding hydrogens is 346 g/mol. The van der Waals surface area contributed by atoms with Gasteiger partial charge in [0.1, 0.15) is 11.6 Å². The fourth-order valence-corrected chi connectivity index (χ4v) is 2.88. The number of pyridine rings is 1. The van der Waals surface area contributed by atoms with Gasteiger partial charge in [-0.05, 0) is 42.3 Å². The van der Waals surface area contributed by atoms with Crippen LogP contribution in [-0.2, 0) is 6.54 Å². The number of hydrogen-bond donors (Lipinski definition) is 2. The number of rotatable bonds is 6. The molecule has 0 radical (unpaired) electrons. The smallest absolute Gasteiger partial charge is 0.163 e. The summed E-state index contributed by atoms with van der Waals surface area (Å²) in [6.45, 7) is 2.74. The summed E-state index contributed by atoms with van der Waals surface area (Å²) < 4.78 is 0. The molecule has 0 spiro atoms. The van der Waals surface area contributed by atoms with Crippen molar-refractivity contribution in [1.29, 1.82) is 0 Å². The third-order valence-corrected chi connectivity index (χ3v) is 4.27. The molecular formula is C23H21N5. The largest absolute Gasteiger partial charge is 0.366 e. The molecule has 0 saturated heterocycles. The molecule has 2 aromatic carbocycles. The first-order valence-corrected chi connectivity index (χ1v) is 9.17. The average molecular weight is 367 g/mol. The SMILES string of the molecule is Cc1cccc(Nc2cc(NCc3ccncc3)nc(-c3ccccc3)n2)c1. The zero-order valence-corrected chi connectivity index (χ0v) is 15.6. The normalized spacial score (nSPS) is 10.5. The maximum Gasteiger partial charge on any atom is 0.163 e. The van der Waals surface area contributed by atoms with Crippen LogP contribution in [0.4, 0.5) is 17.3 Å². The van der Waals surface area contributed by atoms with Crippen LogP contribution in [0.25, 0.3) is 11.4 Å². The van der Waals surface area contributed by atoms with Crippen molar-refractivity contribution in [2.45, 2.75) is 13.5 Å². The number of nitrogens with one attached hydrogen (secondary N) is 2. The van der Waals surface area contributed by atoms with Crippen molar-refractivity contribution in [3.05, 3.63) is 96.3 Å². The van der Waals surface area contributed by atoms with Gasteiger partial charge in [-0.15, -0.1) is 0 Å². The minimum absolute atomic E-state index is 0.664. The molecule has 28 heavy (non-hydrogen) atoms. The van der Waals surface area contributed by atoms with Gasteiger partial charge in [-0.25, -0.2) is 9.97 Å². The third kappa shape index (κ3) is 4.51. The summed E-state index contributed by atoms with van der Waals surface area (Å²) in [4.78, 5) is 13.5. The number of anilines is 3. The van der Waals surface area contributed by atoms with Crippen LogP contribution in [-0.4, -0.2) is 15.0 Å². The maximum atomic E-state index is 4.71. The summed E-state index contributed by atoms with van der Waals surface area (Å²) >= 11 is 0. The van der Waals surface area contributed by atoms with Crippen molar-refractivity contribution in [2.24, 2.45) is 0 Å². The topological polar surface area (TPSA) is 62.7 Å². The van der Waals surface area contributed by atoms with E-state index in [2.05, 4.69) is 34.7 Å². The second-order valence-corrected chi connectivity index (χ2v) is 6.53. The molecule has 4 rings (SSSR count). The first kappa shape index (κ1) is 17.7. The van der Waals surface area contributed by atoms with Gasteiger partial charge in [0.15, 0.2) is 5.82 Å². The highest BCUT2D eigenvalue weighted by atomic mass is 15.1. The zero-order valence-electron chi connectivity index (χ0n) is 15.6. The Balaban J connectivity index is 1.64. The van der Waals surface area contributed by atoms with Crippen molar-refractivity contribution in [2.75, 3.05) is 10.6 Å². The summed E-state index contributed by atoms with van der Waals surface area (Å²) in [6, 6.07) is 24.1. The van der Waals surface area contributed by atoms with E-state index in [-0.39, 0.29) is 0 Å². The van der Waals surface area contributed by atoms with E-state index in [1.165, 1.54) is 5.56 Å². The summed E-state index contributed by atoms with van der Waals surface area (Å²) in [5, 5.41) is 6.78. The van der Waals surface area contributed by atoms with E-state index in [1.54, 1.807) is 12.4 Å². The fraction of sp³-hybridized carbons (Fsp3) is 0.0870. The molecule has 2 aromatic heterocycles. The van der Waals surface area contributed by atoms with Gasteiger partial charge < -0.3 is 10.6 Å². The van der Waals surface area contributed by atoms with Crippen LogP contribution >= 0.6 is 0 Å². The van der Waals surface area contributed by atoms with Crippen molar-refractivity contribution in [1.82, 2.24) is 15.0 Å². The Morgan fingerprint density at radius 3 is 2.36 bits per heavy atom. The Morgan fingerprint density at radius 2 is 1.57 bits per heavy atom. The minimum Gasteiger partial charge on any atom is -0.366 e. The molecule has 4 aromatic rings. The van der Waals surface area contributed by atoms with E-state index < -0.39 is 0 Å². The molecule has 5 heteroatoms. The van der Waals surface area contributed by atoms with Crippen LogP contribution in [0.3, 0.4) is 0 Å². The van der Waals surface area contributed by atoms with E-state index in [4.69, 9.17) is 9.97 Å². The summed E-state index contributed by atoms with van der Waals surface area (Å²) in [7, 11) is 0. The molecule has 0 amide bonds. The van der Waals surface area contributed by atoms with E-state index in [1.807, 2.05) is 60.7 Å². The lowest BCUT2D eigenvalue weighted by atomic mass is 10.2. The van der Waals surface area contributed by atoms with Crippen LogP contribution in [0.5, 0.6) is 0 Å². The Morgan fingerprint density at radius 1 is 0.786 bits per heavy atom. The van der Waals surface area contributed by atoms with Crippen LogP contribution < -0.4 is 10.6 Å². The highest BCUT2D eigenvalue weighted by Crippen LogP contribution is 2.23. The van der Waals surface area contributed by atoms with E-state index in [0.717, 1.165) is 28.5 Å². The van der Waals surface area contributed by atoms with Gasteiger partial charge in [0.2, 0.25) is 0 Å². The Labute approximate surface area is 164 Å². The molecule has 0 atom stereocenters. The predicted octanol–water partition coefficient (Wildman–Crippen LogP) is 5.20. The van der Waals surface area contributed by atoms with Gasteiger partial charge in [-0.2, -0.15) is 0 Å². The van der Waals surface area contributed by atoms with Gasteiger partial charge in [-0.1, -0.05) is 42.5 Å². The standard InChI is InChI=1S/C23H21N5/c1-17-6-5-9-20(14-17)26-22-15-21(25-16-18-10-12-24-13-11-18)27-23(28-22)19-7-3-2-4-8-19/h2-15H,16H2,1H3,(H2,25,26,27,28). The lowest BCUT2D eigenvalue weighted by Gasteiger charge is -2.12. The molecule has 2 heterocycles. The monoisotopic (exact) mass is 367 g/mol. The molecule has 2 N–H and O–H groups in total. The summed E-state index contributed by atoms with van der Waals surface area (Å²) in [5.41, 5.74) is 4.31. The van der Waals surface area contributed by atoms with Crippen LogP contribution in [0.15, 0.2) is 85.2 Å². The lowest BCUT2D eigenvalue weighted by molar-refractivity contribution is 1.08. The molecule has 0 fully saturated rings. The number of aromatic nitrogens is 3. The van der Waals surface area contributed by atoms with Crippen molar-refractivity contribution >= 4 is 17.3 Å². The number of nitrogens with zero attached hydrogens (tertiary/aromatic N) is 3. The van der Waals surface area contributed by atoms with Crippen molar-refractivity contribution < 1.29 is 0 Å². The summed E-state index contributed by atoms with van der Waals surface area (Å²) in [6.07, 6.45) is 3.58. The number of benzene rings is 2. The molecule has 0 aliphatic rings. The quantitative estimate of drug-likeness (QED) is 0.490. The summed E-state index contributed by atoms with van der Waals surface area (Å²) in [5.74, 6) is 2.19. The second kappa shape index (κ2) is 8.31. The predicted molar refractivity (Wildman–Crippen MR) is 113 cm³/mol. The molecule has 0 saturated carbocycles. The van der Waals surface area contributed by atoms with E-state index in [9.17, 15) is 0 Å². The van der Waals surface area contributed by atoms with Gasteiger partial charge in [0.25, 0.3) is 0 Å². The fourth-order valence-electron chi connectivity index (χ4n) is 2.88. The molecule has 0 aliphatic heterocycles. The molecule has 0 aliphatic carbocycles. The Kier molecular flexibility index (Phi) is 5.24. The first-order chi connectivity index (χ1) is 13.8. The first-order valence-electron chi connectivity index (χ1n) is 9.17.